The normalized spacial score (nSPS) is 12.1. The van der Waals surface area contributed by atoms with Gasteiger partial charge in [-0.15, -0.1) is 0 Å². The van der Waals surface area contributed by atoms with Gasteiger partial charge >= 0.3 is 0 Å². The molecule has 0 heterocycles. The highest BCUT2D eigenvalue weighted by Gasteiger charge is 2.09. The molecule has 2 nitrogen and oxygen atoms in total. The molecule has 0 fully saturated rings. The summed E-state index contributed by atoms with van der Waals surface area (Å²) in [6.07, 6.45) is 0. The third kappa shape index (κ3) is 2.03. The number of hydrogen-bond donors (Lipinski definition) is 0. The summed E-state index contributed by atoms with van der Waals surface area (Å²) in [5, 5.41) is 7.56. The van der Waals surface area contributed by atoms with E-state index < -0.39 is 0 Å². The van der Waals surface area contributed by atoms with Gasteiger partial charge in [0.05, 0.1) is 0 Å². The van der Waals surface area contributed by atoms with E-state index in [1.807, 2.05) is 0 Å². The maximum Gasteiger partial charge on any atom is 0.153 e. The zero-order chi connectivity index (χ0) is 15.8. The van der Waals surface area contributed by atoms with Crippen LogP contribution in [-0.2, 0) is 0 Å². The minimum atomic E-state index is 0.670. The molecule has 0 saturated heterocycles. The van der Waals surface area contributed by atoms with Gasteiger partial charge in [-0.1, -0.05) is 60.7 Å². The molecule has 0 N–H and O–H groups in total. The van der Waals surface area contributed by atoms with Crippen LogP contribution in [0.4, 0.5) is 0 Å². The Morgan fingerprint density at radius 1 is 0.696 bits per heavy atom. The first-order valence-corrected chi connectivity index (χ1v) is 7.60. The lowest BCUT2D eigenvalue weighted by Gasteiger charge is -2.11. The second kappa shape index (κ2) is 5.33. The maximum absolute atomic E-state index is 4.21. The molecule has 0 saturated carbocycles. The van der Waals surface area contributed by atoms with E-state index in [1.54, 1.807) is 7.05 Å². The number of nitrogens with zero attached hydrogens (tertiary/aromatic N) is 2. The van der Waals surface area contributed by atoms with E-state index in [0.29, 0.717) is 5.84 Å². The molecular weight excluding hydrogens is 280 g/mol. The van der Waals surface area contributed by atoms with Crippen molar-refractivity contribution < 1.29 is 0 Å². The van der Waals surface area contributed by atoms with Crippen molar-refractivity contribution in [3.05, 3.63) is 72.3 Å². The standard InChI is InChI=1S/C21H16N2/c1-22-21(23-2)14-11-12-19-17-9-4-3-7-15(17)16-8-5-6-10-18(16)20(19)13-14/h3-13H,1H2,2H3. The molecule has 23 heavy (non-hydrogen) atoms. The van der Waals surface area contributed by atoms with Gasteiger partial charge in [0, 0.05) is 12.6 Å². The molecule has 0 aliphatic heterocycles. The minimum Gasteiger partial charge on any atom is -0.270 e. The molecule has 4 aromatic rings. The summed E-state index contributed by atoms with van der Waals surface area (Å²) in [5.74, 6) is 0.670. The second-order valence-corrected chi connectivity index (χ2v) is 5.56. The van der Waals surface area contributed by atoms with Crippen LogP contribution in [0.1, 0.15) is 5.56 Å². The van der Waals surface area contributed by atoms with E-state index in [2.05, 4.69) is 83.4 Å². The first-order valence-electron chi connectivity index (χ1n) is 7.60. The van der Waals surface area contributed by atoms with Crippen molar-refractivity contribution in [3.8, 4) is 0 Å². The van der Waals surface area contributed by atoms with E-state index in [0.717, 1.165) is 5.56 Å². The molecule has 0 unspecified atom stereocenters. The van der Waals surface area contributed by atoms with Gasteiger partial charge < -0.3 is 0 Å². The smallest absolute Gasteiger partial charge is 0.153 e. The first kappa shape index (κ1) is 13.6. The number of rotatable bonds is 1. The second-order valence-electron chi connectivity index (χ2n) is 5.56. The van der Waals surface area contributed by atoms with Crippen molar-refractivity contribution in [2.75, 3.05) is 7.05 Å². The average molecular weight is 296 g/mol. The highest BCUT2D eigenvalue weighted by molar-refractivity contribution is 6.26. The molecule has 0 bridgehead atoms. The molecule has 0 spiro atoms. The Labute approximate surface area is 134 Å². The topological polar surface area (TPSA) is 24.7 Å². The molecule has 0 amide bonds. The molecule has 0 aliphatic rings. The average Bonchev–Trinajstić information content (AvgIpc) is 2.63. The summed E-state index contributed by atoms with van der Waals surface area (Å²) >= 11 is 0. The van der Waals surface area contributed by atoms with Crippen molar-refractivity contribution in [2.24, 2.45) is 9.98 Å². The zero-order valence-electron chi connectivity index (χ0n) is 13.0. The van der Waals surface area contributed by atoms with Crippen LogP contribution in [0, 0.1) is 0 Å². The predicted octanol–water partition coefficient (Wildman–Crippen LogP) is 5.22. The van der Waals surface area contributed by atoms with E-state index in [4.69, 9.17) is 0 Å². The number of benzene rings is 4. The quantitative estimate of drug-likeness (QED) is 0.261. The molecular formula is C21H16N2. The van der Waals surface area contributed by atoms with Crippen molar-refractivity contribution in [2.45, 2.75) is 0 Å². The summed E-state index contributed by atoms with van der Waals surface area (Å²) in [7, 11) is 1.74. The van der Waals surface area contributed by atoms with E-state index in [9.17, 15) is 0 Å². The van der Waals surface area contributed by atoms with Crippen LogP contribution in [0.25, 0.3) is 32.3 Å². The lowest BCUT2D eigenvalue weighted by atomic mass is 9.93. The summed E-state index contributed by atoms with van der Waals surface area (Å²) < 4.78 is 0. The van der Waals surface area contributed by atoms with Crippen LogP contribution >= 0.6 is 0 Å². The van der Waals surface area contributed by atoms with Gasteiger partial charge in [0.15, 0.2) is 5.84 Å². The van der Waals surface area contributed by atoms with E-state index in [-0.39, 0.29) is 0 Å². The van der Waals surface area contributed by atoms with Crippen LogP contribution in [0.5, 0.6) is 0 Å². The fourth-order valence-corrected chi connectivity index (χ4v) is 3.34. The number of amidine groups is 1. The van der Waals surface area contributed by atoms with Gasteiger partial charge in [-0.2, -0.15) is 0 Å². The fourth-order valence-electron chi connectivity index (χ4n) is 3.34. The van der Waals surface area contributed by atoms with Gasteiger partial charge in [0.1, 0.15) is 0 Å². The Bertz CT molecular complexity index is 1060. The SMILES string of the molecule is C=NC(=NC)c1ccc2c3ccccc3c3ccccc3c2c1. The van der Waals surface area contributed by atoms with Gasteiger partial charge in [-0.25, -0.2) is 4.99 Å². The van der Waals surface area contributed by atoms with Gasteiger partial charge in [0.25, 0.3) is 0 Å². The summed E-state index contributed by atoms with van der Waals surface area (Å²) in [5.41, 5.74) is 0.996. The Morgan fingerprint density at radius 3 is 1.65 bits per heavy atom. The predicted molar refractivity (Wildman–Crippen MR) is 101 cm³/mol. The van der Waals surface area contributed by atoms with Crippen LogP contribution in [0.3, 0.4) is 0 Å². The van der Waals surface area contributed by atoms with Crippen LogP contribution in [-0.4, -0.2) is 19.6 Å². The Morgan fingerprint density at radius 2 is 1.17 bits per heavy atom. The number of hydrogen-bond acceptors (Lipinski definition) is 1. The maximum atomic E-state index is 4.21. The summed E-state index contributed by atoms with van der Waals surface area (Å²) in [4.78, 5) is 8.24. The van der Waals surface area contributed by atoms with Gasteiger partial charge in [0.2, 0.25) is 0 Å². The fraction of sp³-hybridized carbons (Fsp3) is 0.0476. The third-order valence-corrected chi connectivity index (χ3v) is 4.36. The molecule has 4 aromatic carbocycles. The highest BCUT2D eigenvalue weighted by Crippen LogP contribution is 2.35. The van der Waals surface area contributed by atoms with E-state index in [1.165, 1.54) is 32.3 Å². The summed E-state index contributed by atoms with van der Waals surface area (Å²) in [6.45, 7) is 3.62. The van der Waals surface area contributed by atoms with Gasteiger partial charge in [-0.05, 0) is 45.1 Å². The molecule has 4 rings (SSSR count). The molecule has 110 valence electrons. The molecule has 0 atom stereocenters. The van der Waals surface area contributed by atoms with Crippen molar-refractivity contribution in [1.82, 2.24) is 0 Å². The van der Waals surface area contributed by atoms with Crippen molar-refractivity contribution in [3.63, 3.8) is 0 Å². The zero-order valence-corrected chi connectivity index (χ0v) is 13.0. The molecule has 0 aliphatic carbocycles. The minimum absolute atomic E-state index is 0.670. The molecule has 2 heteroatoms. The van der Waals surface area contributed by atoms with Crippen molar-refractivity contribution >= 4 is 44.9 Å². The van der Waals surface area contributed by atoms with E-state index >= 15 is 0 Å². The molecule has 0 radical (unpaired) electrons. The lowest BCUT2D eigenvalue weighted by molar-refractivity contribution is 1.40. The number of fused-ring (bicyclic) bond motifs is 6. The lowest BCUT2D eigenvalue weighted by Crippen LogP contribution is -1.96. The highest BCUT2D eigenvalue weighted by atomic mass is 14.9. The van der Waals surface area contributed by atoms with Crippen LogP contribution in [0.2, 0.25) is 0 Å². The van der Waals surface area contributed by atoms with Crippen LogP contribution in [0.15, 0.2) is 76.7 Å². The van der Waals surface area contributed by atoms with Crippen LogP contribution < -0.4 is 0 Å². The summed E-state index contributed by atoms with van der Waals surface area (Å²) in [6, 6.07) is 23.5. The Balaban J connectivity index is 2.23. The largest absolute Gasteiger partial charge is 0.270 e. The van der Waals surface area contributed by atoms with Gasteiger partial charge in [-0.3, -0.25) is 4.99 Å². The third-order valence-electron chi connectivity index (χ3n) is 4.36. The molecule has 0 aromatic heterocycles. The Hall–Kier alpha value is -3.00. The monoisotopic (exact) mass is 296 g/mol. The first-order chi connectivity index (χ1) is 11.3. The number of aliphatic imine (C=N–C) groups is 2. The Kier molecular flexibility index (Phi) is 3.16. The van der Waals surface area contributed by atoms with Crippen molar-refractivity contribution in [1.29, 1.82) is 0 Å².